The van der Waals surface area contributed by atoms with Crippen LogP contribution in [0.5, 0.6) is 0 Å². The monoisotopic (exact) mass is 264 g/mol. The van der Waals surface area contributed by atoms with Crippen molar-refractivity contribution in [3.8, 4) is 0 Å². The first-order valence-corrected chi connectivity index (χ1v) is 7.66. The molecule has 104 valence electrons. The lowest BCUT2D eigenvalue weighted by molar-refractivity contribution is 0.500. The second kappa shape index (κ2) is 7.69. The highest BCUT2D eigenvalue weighted by molar-refractivity contribution is 5.79. The van der Waals surface area contributed by atoms with E-state index in [9.17, 15) is 0 Å². The lowest BCUT2D eigenvalue weighted by atomic mass is 9.92. The second-order valence-electron chi connectivity index (χ2n) is 5.27. The Morgan fingerprint density at radius 3 is 1.65 bits per heavy atom. The largest absolute Gasteiger partial charge is 0.0758 e. The first-order chi connectivity index (χ1) is 9.85. The third kappa shape index (κ3) is 3.84. The Morgan fingerprint density at radius 2 is 1.25 bits per heavy atom. The third-order valence-electron chi connectivity index (χ3n) is 3.98. The topological polar surface area (TPSA) is 0 Å². The Bertz CT molecular complexity index is 477. The van der Waals surface area contributed by atoms with Gasteiger partial charge in [-0.15, -0.1) is 0 Å². The summed E-state index contributed by atoms with van der Waals surface area (Å²) in [6.07, 6.45) is 6.09. The molecule has 0 heteroatoms. The summed E-state index contributed by atoms with van der Waals surface area (Å²) >= 11 is 0. The van der Waals surface area contributed by atoms with Gasteiger partial charge in [0.25, 0.3) is 0 Å². The molecule has 20 heavy (non-hydrogen) atoms. The summed E-state index contributed by atoms with van der Waals surface area (Å²) in [5, 5.41) is 0. The van der Waals surface area contributed by atoms with Crippen LogP contribution in [0.3, 0.4) is 0 Å². The fourth-order valence-corrected chi connectivity index (χ4v) is 2.54. The Morgan fingerprint density at radius 1 is 0.800 bits per heavy atom. The number of rotatable bonds is 6. The van der Waals surface area contributed by atoms with Crippen LogP contribution in [0, 0.1) is 5.92 Å². The van der Waals surface area contributed by atoms with Crippen molar-refractivity contribution in [2.45, 2.75) is 33.1 Å². The van der Waals surface area contributed by atoms with Gasteiger partial charge in [-0.2, -0.15) is 0 Å². The fraction of sp³-hybridized carbons (Fsp3) is 0.300. The van der Waals surface area contributed by atoms with Gasteiger partial charge in [-0.25, -0.2) is 0 Å². The van der Waals surface area contributed by atoms with E-state index in [2.05, 4.69) is 80.6 Å². The van der Waals surface area contributed by atoms with Gasteiger partial charge in [0.15, 0.2) is 0 Å². The summed E-state index contributed by atoms with van der Waals surface area (Å²) in [5.41, 5.74) is 3.98. The Kier molecular flexibility index (Phi) is 5.61. The first kappa shape index (κ1) is 14.6. The minimum atomic E-state index is 0.789. The van der Waals surface area contributed by atoms with E-state index >= 15 is 0 Å². The van der Waals surface area contributed by atoms with Crippen molar-refractivity contribution < 1.29 is 0 Å². The summed E-state index contributed by atoms with van der Waals surface area (Å²) in [7, 11) is 0. The van der Waals surface area contributed by atoms with Crippen LogP contribution in [0.25, 0.3) is 5.57 Å². The van der Waals surface area contributed by atoms with Crippen LogP contribution in [-0.4, -0.2) is 0 Å². The summed E-state index contributed by atoms with van der Waals surface area (Å²) in [6.45, 7) is 4.57. The molecule has 0 nitrogen and oxygen atoms in total. The lowest BCUT2D eigenvalue weighted by Crippen LogP contribution is -1.96. The molecule has 0 saturated carbocycles. The van der Waals surface area contributed by atoms with Crippen molar-refractivity contribution in [1.82, 2.24) is 0 Å². The Hall–Kier alpha value is -1.82. The van der Waals surface area contributed by atoms with E-state index in [1.807, 2.05) is 0 Å². The molecule has 2 aromatic carbocycles. The molecule has 0 saturated heterocycles. The van der Waals surface area contributed by atoms with E-state index in [1.165, 1.54) is 29.5 Å². The smallest absolute Gasteiger partial charge is 0.0151 e. The third-order valence-corrected chi connectivity index (χ3v) is 3.98. The van der Waals surface area contributed by atoms with E-state index in [0.29, 0.717) is 0 Å². The van der Waals surface area contributed by atoms with Gasteiger partial charge in [0.2, 0.25) is 0 Å². The number of allylic oxidation sites excluding steroid dienone is 1. The molecule has 0 aliphatic carbocycles. The number of benzene rings is 2. The zero-order valence-corrected chi connectivity index (χ0v) is 12.5. The zero-order chi connectivity index (χ0) is 14.2. The zero-order valence-electron chi connectivity index (χ0n) is 12.5. The maximum atomic E-state index is 2.42. The van der Waals surface area contributed by atoms with Crippen LogP contribution < -0.4 is 0 Å². The van der Waals surface area contributed by atoms with Crippen LogP contribution in [0.4, 0.5) is 0 Å². The predicted octanol–water partition coefficient (Wildman–Crippen LogP) is 5.94. The van der Waals surface area contributed by atoms with E-state index in [4.69, 9.17) is 0 Å². The van der Waals surface area contributed by atoms with E-state index in [1.54, 1.807) is 0 Å². The molecule has 0 heterocycles. The van der Waals surface area contributed by atoms with E-state index in [0.717, 1.165) is 12.3 Å². The van der Waals surface area contributed by atoms with E-state index < -0.39 is 0 Å². The number of hydrogen-bond donors (Lipinski definition) is 0. The lowest BCUT2D eigenvalue weighted by Gasteiger charge is -2.12. The van der Waals surface area contributed by atoms with E-state index in [-0.39, 0.29) is 0 Å². The number of hydrogen-bond acceptors (Lipinski definition) is 0. The van der Waals surface area contributed by atoms with Crippen LogP contribution in [0.15, 0.2) is 66.7 Å². The van der Waals surface area contributed by atoms with Crippen LogP contribution >= 0.6 is 0 Å². The van der Waals surface area contributed by atoms with Crippen LogP contribution in [-0.2, 0) is 0 Å². The summed E-state index contributed by atoms with van der Waals surface area (Å²) in [4.78, 5) is 0. The van der Waals surface area contributed by atoms with Crippen molar-refractivity contribution >= 4 is 5.57 Å². The van der Waals surface area contributed by atoms with Gasteiger partial charge in [-0.05, 0) is 29.0 Å². The molecule has 0 aliphatic heterocycles. The van der Waals surface area contributed by atoms with Crippen LogP contribution in [0.2, 0.25) is 0 Å². The molecule has 0 bridgehead atoms. The molecular formula is C20H24. The maximum absolute atomic E-state index is 2.42. The molecule has 2 aromatic rings. The molecular weight excluding hydrogens is 240 g/mol. The molecule has 0 aromatic heterocycles. The van der Waals surface area contributed by atoms with Gasteiger partial charge in [0.05, 0.1) is 0 Å². The maximum Gasteiger partial charge on any atom is -0.0151 e. The molecule has 0 fully saturated rings. The van der Waals surface area contributed by atoms with Crippen molar-refractivity contribution in [1.29, 1.82) is 0 Å². The Labute approximate surface area is 123 Å². The quantitative estimate of drug-likeness (QED) is 0.605. The minimum Gasteiger partial charge on any atom is -0.0758 e. The molecule has 0 aliphatic rings. The molecule has 0 atom stereocenters. The highest BCUT2D eigenvalue weighted by atomic mass is 14.1. The normalized spacial score (nSPS) is 10.6. The Balaban J connectivity index is 2.32. The minimum absolute atomic E-state index is 0.789. The predicted molar refractivity (Wildman–Crippen MR) is 88.7 cm³/mol. The molecule has 0 unspecified atom stereocenters. The second-order valence-corrected chi connectivity index (χ2v) is 5.27. The van der Waals surface area contributed by atoms with Gasteiger partial charge >= 0.3 is 0 Å². The van der Waals surface area contributed by atoms with Crippen molar-refractivity contribution in [3.63, 3.8) is 0 Å². The van der Waals surface area contributed by atoms with Gasteiger partial charge in [-0.3, -0.25) is 0 Å². The average molecular weight is 264 g/mol. The first-order valence-electron chi connectivity index (χ1n) is 7.66. The summed E-state index contributed by atoms with van der Waals surface area (Å²) in [5.74, 6) is 0.789. The fourth-order valence-electron chi connectivity index (χ4n) is 2.54. The molecule has 0 radical (unpaired) electrons. The van der Waals surface area contributed by atoms with Gasteiger partial charge in [0, 0.05) is 0 Å². The van der Waals surface area contributed by atoms with Crippen LogP contribution in [0.1, 0.15) is 44.2 Å². The van der Waals surface area contributed by atoms with Gasteiger partial charge < -0.3 is 0 Å². The highest BCUT2D eigenvalue weighted by Crippen LogP contribution is 2.25. The van der Waals surface area contributed by atoms with Crippen molar-refractivity contribution in [2.75, 3.05) is 0 Å². The van der Waals surface area contributed by atoms with Gasteiger partial charge in [0.1, 0.15) is 0 Å². The average Bonchev–Trinajstić information content (AvgIpc) is 2.53. The summed E-state index contributed by atoms with van der Waals surface area (Å²) in [6, 6.07) is 21.4. The molecule has 0 N–H and O–H groups in total. The van der Waals surface area contributed by atoms with Crippen molar-refractivity contribution in [3.05, 3.63) is 77.9 Å². The van der Waals surface area contributed by atoms with Crippen molar-refractivity contribution in [2.24, 2.45) is 5.92 Å². The summed E-state index contributed by atoms with van der Waals surface area (Å²) < 4.78 is 0. The SMILES string of the molecule is CCC(CC)CC=C(c1ccccc1)c1ccccc1. The standard InChI is InChI=1S/C20H24/c1-3-17(4-2)15-16-20(18-11-7-5-8-12-18)19-13-9-6-10-14-19/h5-14,16-17H,3-4,15H2,1-2H3. The van der Waals surface area contributed by atoms with Gasteiger partial charge in [-0.1, -0.05) is 93.4 Å². The highest BCUT2D eigenvalue weighted by Gasteiger charge is 2.06. The molecule has 0 spiro atoms. The molecule has 2 rings (SSSR count). The molecule has 0 amide bonds.